The average molecular weight is 513 g/mol. The number of nitrogens with zero attached hydrogens (tertiary/aromatic N) is 3. The first kappa shape index (κ1) is 23.2. The second kappa shape index (κ2) is 10.2. The van der Waals surface area contributed by atoms with E-state index in [1.165, 1.54) is 24.3 Å². The van der Waals surface area contributed by atoms with Crippen molar-refractivity contribution < 1.29 is 24.2 Å². The summed E-state index contributed by atoms with van der Waals surface area (Å²) in [4.78, 5) is 45.5. The molecule has 33 heavy (non-hydrogen) atoms. The molecule has 0 saturated carbocycles. The van der Waals surface area contributed by atoms with Gasteiger partial charge in [-0.2, -0.15) is 5.10 Å². The standard InChI is InChI=1S/C21H13BrN4O7/c22-16-8-4-13(5-9-16)20(27)24-23-12-15-2-1-3-18(26(31)32)19(15)33-21(28)14-6-10-17(11-7-14)25(29)30/h1-12H,(H,24,27)/b23-12+. The van der Waals surface area contributed by atoms with E-state index in [1.807, 2.05) is 0 Å². The van der Waals surface area contributed by atoms with Gasteiger partial charge < -0.3 is 4.74 Å². The van der Waals surface area contributed by atoms with Crippen molar-refractivity contribution in [2.24, 2.45) is 5.10 Å². The number of para-hydroxylation sites is 1. The van der Waals surface area contributed by atoms with Gasteiger partial charge in [0, 0.05) is 33.8 Å². The summed E-state index contributed by atoms with van der Waals surface area (Å²) >= 11 is 3.26. The summed E-state index contributed by atoms with van der Waals surface area (Å²) in [6.07, 6.45) is 1.10. The normalized spacial score (nSPS) is 10.6. The summed E-state index contributed by atoms with van der Waals surface area (Å²) in [6, 6.07) is 14.9. The molecule has 11 nitrogen and oxygen atoms in total. The Morgan fingerprint density at radius 1 is 0.909 bits per heavy atom. The van der Waals surface area contributed by atoms with Crippen molar-refractivity contribution in [2.45, 2.75) is 0 Å². The molecule has 3 aromatic carbocycles. The second-order valence-corrected chi connectivity index (χ2v) is 7.27. The minimum Gasteiger partial charge on any atom is -0.415 e. The molecule has 0 bridgehead atoms. The van der Waals surface area contributed by atoms with Crippen molar-refractivity contribution in [1.29, 1.82) is 0 Å². The zero-order valence-electron chi connectivity index (χ0n) is 16.5. The lowest BCUT2D eigenvalue weighted by molar-refractivity contribution is -0.385. The minimum absolute atomic E-state index is 0.0508. The number of nitro groups is 2. The van der Waals surface area contributed by atoms with E-state index in [-0.39, 0.29) is 16.8 Å². The third-order valence-corrected chi connectivity index (χ3v) is 4.73. The molecule has 0 fully saturated rings. The van der Waals surface area contributed by atoms with Crippen LogP contribution >= 0.6 is 15.9 Å². The quantitative estimate of drug-likeness (QED) is 0.163. The summed E-state index contributed by atoms with van der Waals surface area (Å²) in [5, 5.41) is 26.0. The molecule has 0 heterocycles. The van der Waals surface area contributed by atoms with Crippen LogP contribution in [0.25, 0.3) is 0 Å². The van der Waals surface area contributed by atoms with Crippen LogP contribution in [0.15, 0.2) is 76.3 Å². The molecule has 0 radical (unpaired) electrons. The molecule has 1 amide bonds. The van der Waals surface area contributed by atoms with Crippen molar-refractivity contribution >= 4 is 45.4 Å². The first-order valence-electron chi connectivity index (χ1n) is 9.09. The fraction of sp³-hybridized carbons (Fsp3) is 0. The molecule has 12 heteroatoms. The number of benzene rings is 3. The van der Waals surface area contributed by atoms with Crippen molar-refractivity contribution in [3.05, 3.63) is 108 Å². The highest BCUT2D eigenvalue weighted by Gasteiger charge is 2.22. The van der Waals surface area contributed by atoms with Crippen molar-refractivity contribution in [3.63, 3.8) is 0 Å². The van der Waals surface area contributed by atoms with Crippen LogP contribution in [0.1, 0.15) is 26.3 Å². The summed E-state index contributed by atoms with van der Waals surface area (Å²) in [5.41, 5.74) is 1.88. The fourth-order valence-electron chi connectivity index (χ4n) is 2.60. The number of non-ortho nitro benzene ring substituents is 1. The van der Waals surface area contributed by atoms with Crippen LogP contribution in [0.2, 0.25) is 0 Å². The Morgan fingerprint density at radius 3 is 2.15 bits per heavy atom. The zero-order chi connectivity index (χ0) is 24.0. The minimum atomic E-state index is -0.965. The lowest BCUT2D eigenvalue weighted by Crippen LogP contribution is -2.17. The van der Waals surface area contributed by atoms with Gasteiger partial charge in [-0.05, 0) is 42.5 Å². The molecule has 3 rings (SSSR count). The molecule has 0 spiro atoms. The van der Waals surface area contributed by atoms with E-state index in [1.54, 1.807) is 24.3 Å². The number of esters is 1. The maximum atomic E-state index is 12.5. The SMILES string of the molecule is O=C(N/N=C/c1cccc([N+](=O)[O-])c1OC(=O)c1ccc([N+](=O)[O-])cc1)c1ccc(Br)cc1. The zero-order valence-corrected chi connectivity index (χ0v) is 18.1. The Labute approximate surface area is 194 Å². The molecule has 1 N–H and O–H groups in total. The molecule has 166 valence electrons. The van der Waals surface area contributed by atoms with Crippen LogP contribution < -0.4 is 10.2 Å². The Morgan fingerprint density at radius 2 is 1.55 bits per heavy atom. The summed E-state index contributed by atoms with van der Waals surface area (Å²) in [7, 11) is 0. The topological polar surface area (TPSA) is 154 Å². The number of carbonyl (C=O) groups excluding carboxylic acids is 2. The number of amides is 1. The van der Waals surface area contributed by atoms with Gasteiger partial charge in [-0.15, -0.1) is 0 Å². The molecular formula is C21H13BrN4O7. The molecule has 0 saturated heterocycles. The molecular weight excluding hydrogens is 500 g/mol. The Hall–Kier alpha value is -4.45. The van der Waals surface area contributed by atoms with E-state index in [0.29, 0.717) is 5.56 Å². The molecule has 3 aromatic rings. The van der Waals surface area contributed by atoms with Gasteiger partial charge in [0.15, 0.2) is 0 Å². The molecule has 0 aromatic heterocycles. The van der Waals surface area contributed by atoms with E-state index in [9.17, 15) is 29.8 Å². The lowest BCUT2D eigenvalue weighted by atomic mass is 10.1. The lowest BCUT2D eigenvalue weighted by Gasteiger charge is -2.08. The first-order chi connectivity index (χ1) is 15.8. The van der Waals surface area contributed by atoms with Crippen LogP contribution in [-0.2, 0) is 0 Å². The van der Waals surface area contributed by atoms with E-state index in [2.05, 4.69) is 26.5 Å². The maximum Gasteiger partial charge on any atom is 0.343 e. The molecule has 0 aliphatic carbocycles. The highest BCUT2D eigenvalue weighted by atomic mass is 79.9. The highest BCUT2D eigenvalue weighted by Crippen LogP contribution is 2.31. The number of rotatable bonds is 7. The monoisotopic (exact) mass is 512 g/mol. The Balaban J connectivity index is 1.83. The van der Waals surface area contributed by atoms with Crippen molar-refractivity contribution in [2.75, 3.05) is 0 Å². The molecule has 0 unspecified atom stereocenters. The molecule has 0 atom stereocenters. The van der Waals surface area contributed by atoms with Crippen LogP contribution in [0, 0.1) is 20.2 Å². The van der Waals surface area contributed by atoms with E-state index >= 15 is 0 Å². The predicted molar refractivity (Wildman–Crippen MR) is 120 cm³/mol. The van der Waals surface area contributed by atoms with E-state index in [4.69, 9.17) is 4.74 Å². The van der Waals surface area contributed by atoms with Crippen molar-refractivity contribution in [1.82, 2.24) is 5.43 Å². The van der Waals surface area contributed by atoms with Crippen LogP contribution in [0.3, 0.4) is 0 Å². The number of halogens is 1. The van der Waals surface area contributed by atoms with Gasteiger partial charge >= 0.3 is 11.7 Å². The van der Waals surface area contributed by atoms with Gasteiger partial charge in [0.1, 0.15) is 0 Å². The Bertz CT molecular complexity index is 1260. The van der Waals surface area contributed by atoms with E-state index in [0.717, 1.165) is 28.9 Å². The van der Waals surface area contributed by atoms with Crippen LogP contribution in [0.5, 0.6) is 5.75 Å². The van der Waals surface area contributed by atoms with Gasteiger partial charge in [0.25, 0.3) is 11.6 Å². The second-order valence-electron chi connectivity index (χ2n) is 6.35. The van der Waals surface area contributed by atoms with Crippen LogP contribution in [-0.4, -0.2) is 27.9 Å². The number of hydrogen-bond acceptors (Lipinski definition) is 8. The van der Waals surface area contributed by atoms with Gasteiger partial charge in [0.2, 0.25) is 5.75 Å². The molecule has 0 aliphatic rings. The highest BCUT2D eigenvalue weighted by molar-refractivity contribution is 9.10. The van der Waals surface area contributed by atoms with Crippen molar-refractivity contribution in [3.8, 4) is 5.75 Å². The summed E-state index contributed by atoms with van der Waals surface area (Å²) in [6.45, 7) is 0. The van der Waals surface area contributed by atoms with Crippen LogP contribution in [0.4, 0.5) is 11.4 Å². The number of nitro benzene ring substituents is 2. The Kier molecular flexibility index (Phi) is 7.20. The van der Waals surface area contributed by atoms with Gasteiger partial charge in [-0.3, -0.25) is 25.0 Å². The number of carbonyl (C=O) groups is 2. The maximum absolute atomic E-state index is 12.5. The first-order valence-corrected chi connectivity index (χ1v) is 9.88. The third-order valence-electron chi connectivity index (χ3n) is 4.21. The summed E-state index contributed by atoms with van der Waals surface area (Å²) < 4.78 is 6.01. The molecule has 0 aliphatic heterocycles. The van der Waals surface area contributed by atoms with Gasteiger partial charge in [0.05, 0.1) is 21.6 Å². The third kappa shape index (κ3) is 5.83. The average Bonchev–Trinajstić information content (AvgIpc) is 2.80. The smallest absolute Gasteiger partial charge is 0.343 e. The van der Waals surface area contributed by atoms with E-state index < -0.39 is 33.2 Å². The fourth-order valence-corrected chi connectivity index (χ4v) is 2.86. The van der Waals surface area contributed by atoms with Gasteiger partial charge in [-0.25, -0.2) is 10.2 Å². The number of nitrogens with one attached hydrogen (secondary N) is 1. The summed E-state index contributed by atoms with van der Waals surface area (Å²) in [5.74, 6) is -1.88. The predicted octanol–water partition coefficient (Wildman–Crippen LogP) is 4.25. The number of hydrazone groups is 1. The largest absolute Gasteiger partial charge is 0.415 e. The number of ether oxygens (including phenoxy) is 1. The van der Waals surface area contributed by atoms with Gasteiger partial charge in [-0.1, -0.05) is 22.0 Å². The number of hydrogen-bond donors (Lipinski definition) is 1.